The minimum Gasteiger partial charge on any atom is -0.269 e. The molecule has 0 radical (unpaired) electrons. The highest BCUT2D eigenvalue weighted by Gasteiger charge is 2.32. The predicted molar refractivity (Wildman–Crippen MR) is 103 cm³/mol. The van der Waals surface area contributed by atoms with Gasteiger partial charge in [-0.05, 0) is 42.2 Å². The fourth-order valence-corrected chi connectivity index (χ4v) is 3.47. The van der Waals surface area contributed by atoms with Gasteiger partial charge in [-0.3, -0.25) is 9.59 Å². The van der Waals surface area contributed by atoms with Crippen LogP contribution in [0.25, 0.3) is 0 Å². The molecule has 3 rings (SSSR count). The number of carbonyl (C=O) groups is 2. The summed E-state index contributed by atoms with van der Waals surface area (Å²) in [7, 11) is 0. The summed E-state index contributed by atoms with van der Waals surface area (Å²) in [6, 6.07) is 15.5. The molecule has 1 aliphatic rings. The Bertz CT molecular complexity index is 843. The van der Waals surface area contributed by atoms with Crippen molar-refractivity contribution in [1.29, 1.82) is 0 Å². The lowest BCUT2D eigenvalue weighted by atomic mass is 9.87. The minimum atomic E-state index is -0.289. The molecule has 1 aliphatic heterocycles. The molecule has 2 aromatic rings. The molecule has 2 amide bonds. The second-order valence-electron chi connectivity index (χ2n) is 7.20. The number of thioether (sulfide) groups is 1. The smallest absolute Gasteiger partial charge is 0.269 e. The summed E-state index contributed by atoms with van der Waals surface area (Å²) in [5.74, 6) is -0.554. The van der Waals surface area contributed by atoms with Crippen LogP contribution in [0.2, 0.25) is 0 Å². The fourth-order valence-electron chi connectivity index (χ4n) is 2.61. The van der Waals surface area contributed by atoms with E-state index in [0.717, 1.165) is 10.5 Å². The van der Waals surface area contributed by atoms with E-state index in [1.807, 2.05) is 31.2 Å². The number of benzene rings is 2. The number of imide groups is 1. The van der Waals surface area contributed by atoms with Crippen molar-refractivity contribution in [3.8, 4) is 0 Å². The van der Waals surface area contributed by atoms with Gasteiger partial charge in [-0.25, -0.2) is 4.90 Å². The summed E-state index contributed by atoms with van der Waals surface area (Å²) in [4.78, 5) is 27.5. The van der Waals surface area contributed by atoms with Gasteiger partial charge in [0.15, 0.2) is 0 Å². The highest BCUT2D eigenvalue weighted by Crippen LogP contribution is 2.34. The average molecular weight is 351 g/mol. The van der Waals surface area contributed by atoms with Crippen molar-refractivity contribution in [2.45, 2.75) is 38.0 Å². The van der Waals surface area contributed by atoms with Gasteiger partial charge in [0.25, 0.3) is 11.8 Å². The Morgan fingerprint density at radius 1 is 0.880 bits per heavy atom. The van der Waals surface area contributed by atoms with Gasteiger partial charge in [-0.15, -0.1) is 0 Å². The Labute approximate surface area is 152 Å². The quantitative estimate of drug-likeness (QED) is 0.743. The van der Waals surface area contributed by atoms with Gasteiger partial charge in [-0.1, -0.05) is 62.4 Å². The summed E-state index contributed by atoms with van der Waals surface area (Å²) >= 11 is 1.33. The molecule has 4 heteroatoms. The van der Waals surface area contributed by atoms with Gasteiger partial charge < -0.3 is 0 Å². The molecule has 0 N–H and O–H groups in total. The molecule has 0 fully saturated rings. The first kappa shape index (κ1) is 17.5. The van der Waals surface area contributed by atoms with Crippen LogP contribution in [0.4, 0.5) is 5.69 Å². The topological polar surface area (TPSA) is 37.4 Å². The zero-order valence-corrected chi connectivity index (χ0v) is 15.7. The van der Waals surface area contributed by atoms with Crippen molar-refractivity contribution in [2.75, 3.05) is 4.90 Å². The van der Waals surface area contributed by atoms with E-state index in [9.17, 15) is 9.59 Å². The molecule has 2 aromatic carbocycles. The molecule has 0 saturated carbocycles. The summed E-state index contributed by atoms with van der Waals surface area (Å²) in [5.41, 5.74) is 3.02. The standard InChI is InChI=1S/C21H21NO2S/c1-14-5-9-16(10-6-14)22-19(23)13-18(20(22)24)25-17-11-7-15(8-12-17)21(2,3)4/h5-13H,1-4H3. The van der Waals surface area contributed by atoms with E-state index in [1.165, 1.54) is 28.3 Å². The summed E-state index contributed by atoms with van der Waals surface area (Å²) in [5, 5.41) is 0. The van der Waals surface area contributed by atoms with E-state index in [0.29, 0.717) is 10.6 Å². The first-order chi connectivity index (χ1) is 11.8. The van der Waals surface area contributed by atoms with E-state index in [1.54, 1.807) is 12.1 Å². The highest BCUT2D eigenvalue weighted by atomic mass is 32.2. The monoisotopic (exact) mass is 351 g/mol. The predicted octanol–water partition coefficient (Wildman–Crippen LogP) is 4.84. The lowest BCUT2D eigenvalue weighted by Crippen LogP contribution is -2.30. The Morgan fingerprint density at radius 2 is 1.48 bits per heavy atom. The van der Waals surface area contributed by atoms with E-state index >= 15 is 0 Å². The van der Waals surface area contributed by atoms with Gasteiger partial charge in [0.1, 0.15) is 0 Å². The largest absolute Gasteiger partial charge is 0.272 e. The number of hydrogen-bond donors (Lipinski definition) is 0. The van der Waals surface area contributed by atoms with Crippen molar-refractivity contribution in [3.05, 3.63) is 70.6 Å². The third kappa shape index (κ3) is 3.69. The number of nitrogens with zero attached hydrogens (tertiary/aromatic N) is 1. The molecular weight excluding hydrogens is 330 g/mol. The van der Waals surface area contributed by atoms with Crippen LogP contribution in [0.5, 0.6) is 0 Å². The van der Waals surface area contributed by atoms with E-state index in [2.05, 4.69) is 32.9 Å². The van der Waals surface area contributed by atoms with Crippen LogP contribution >= 0.6 is 11.8 Å². The fraction of sp³-hybridized carbons (Fsp3) is 0.238. The third-order valence-electron chi connectivity index (χ3n) is 4.13. The first-order valence-corrected chi connectivity index (χ1v) is 9.02. The van der Waals surface area contributed by atoms with E-state index in [4.69, 9.17) is 0 Å². The summed E-state index contributed by atoms with van der Waals surface area (Å²) in [6.45, 7) is 8.46. The van der Waals surface area contributed by atoms with E-state index in [-0.39, 0.29) is 17.2 Å². The highest BCUT2D eigenvalue weighted by molar-refractivity contribution is 8.04. The zero-order chi connectivity index (χ0) is 18.2. The van der Waals surface area contributed by atoms with Crippen LogP contribution < -0.4 is 4.90 Å². The van der Waals surface area contributed by atoms with Crippen LogP contribution in [0, 0.1) is 6.92 Å². The van der Waals surface area contributed by atoms with Crippen molar-refractivity contribution in [3.63, 3.8) is 0 Å². The Balaban J connectivity index is 1.78. The molecule has 0 bridgehead atoms. The van der Waals surface area contributed by atoms with Crippen molar-refractivity contribution in [2.24, 2.45) is 0 Å². The molecule has 128 valence electrons. The maximum atomic E-state index is 12.6. The van der Waals surface area contributed by atoms with Crippen LogP contribution in [0.15, 0.2) is 64.4 Å². The lowest BCUT2D eigenvalue weighted by Gasteiger charge is -2.19. The number of rotatable bonds is 3. The average Bonchev–Trinajstić information content (AvgIpc) is 2.82. The maximum absolute atomic E-state index is 12.6. The first-order valence-electron chi connectivity index (χ1n) is 8.21. The molecule has 25 heavy (non-hydrogen) atoms. The van der Waals surface area contributed by atoms with Gasteiger partial charge >= 0.3 is 0 Å². The van der Waals surface area contributed by atoms with Crippen LogP contribution in [-0.2, 0) is 15.0 Å². The third-order valence-corrected chi connectivity index (χ3v) is 5.15. The number of amides is 2. The number of carbonyl (C=O) groups excluding carboxylic acids is 2. The van der Waals surface area contributed by atoms with Gasteiger partial charge in [0, 0.05) is 11.0 Å². The Hall–Kier alpha value is -2.33. The summed E-state index contributed by atoms with van der Waals surface area (Å²) in [6.07, 6.45) is 1.42. The molecule has 0 unspecified atom stereocenters. The molecule has 3 nitrogen and oxygen atoms in total. The molecular formula is C21H21NO2S. The maximum Gasteiger partial charge on any atom is 0.272 e. The van der Waals surface area contributed by atoms with Crippen LogP contribution in [0.3, 0.4) is 0 Å². The molecule has 0 aliphatic carbocycles. The molecule has 1 heterocycles. The van der Waals surface area contributed by atoms with Gasteiger partial charge in [-0.2, -0.15) is 0 Å². The van der Waals surface area contributed by atoms with Gasteiger partial charge in [0.05, 0.1) is 10.6 Å². The van der Waals surface area contributed by atoms with Crippen LogP contribution in [-0.4, -0.2) is 11.8 Å². The Morgan fingerprint density at radius 3 is 2.04 bits per heavy atom. The lowest BCUT2D eigenvalue weighted by molar-refractivity contribution is -0.120. The normalized spacial score (nSPS) is 14.9. The number of anilines is 1. The summed E-state index contributed by atoms with van der Waals surface area (Å²) < 4.78 is 0. The molecule has 0 aromatic heterocycles. The Kier molecular flexibility index (Phi) is 4.56. The zero-order valence-electron chi connectivity index (χ0n) is 14.9. The minimum absolute atomic E-state index is 0.0872. The second-order valence-corrected chi connectivity index (χ2v) is 8.31. The van der Waals surface area contributed by atoms with E-state index < -0.39 is 0 Å². The van der Waals surface area contributed by atoms with Gasteiger partial charge in [0.2, 0.25) is 0 Å². The van der Waals surface area contributed by atoms with Crippen molar-refractivity contribution >= 4 is 29.3 Å². The van der Waals surface area contributed by atoms with Crippen molar-refractivity contribution < 1.29 is 9.59 Å². The molecule has 0 atom stereocenters. The molecule has 0 spiro atoms. The van der Waals surface area contributed by atoms with Crippen molar-refractivity contribution in [1.82, 2.24) is 0 Å². The number of hydrogen-bond acceptors (Lipinski definition) is 3. The van der Waals surface area contributed by atoms with Crippen LogP contribution in [0.1, 0.15) is 31.9 Å². The number of aryl methyl sites for hydroxylation is 1. The second kappa shape index (κ2) is 6.52. The molecule has 0 saturated heterocycles. The SMILES string of the molecule is Cc1ccc(N2C(=O)C=C(Sc3ccc(C(C)(C)C)cc3)C2=O)cc1.